The molecule has 0 N–H and O–H groups in total. The molecule has 0 saturated carbocycles. The third kappa shape index (κ3) is 4.50. The van der Waals surface area contributed by atoms with Gasteiger partial charge >= 0.3 is 0 Å². The lowest BCUT2D eigenvalue weighted by Crippen LogP contribution is -2.37. The van der Waals surface area contributed by atoms with Crippen LogP contribution >= 0.6 is 11.6 Å². The lowest BCUT2D eigenvalue weighted by molar-refractivity contribution is 0.0402. The zero-order chi connectivity index (χ0) is 22.8. The number of nitrogens with zero attached hydrogens (tertiary/aromatic N) is 2. The highest BCUT2D eigenvalue weighted by Crippen LogP contribution is 2.34. The van der Waals surface area contributed by atoms with Gasteiger partial charge in [-0.05, 0) is 42.0 Å². The van der Waals surface area contributed by atoms with Gasteiger partial charge in [0.1, 0.15) is 5.82 Å². The summed E-state index contributed by atoms with van der Waals surface area (Å²) in [6, 6.07) is 18.8. The molecule has 6 nitrogen and oxygen atoms in total. The van der Waals surface area contributed by atoms with E-state index in [0.717, 1.165) is 16.8 Å². The van der Waals surface area contributed by atoms with Crippen LogP contribution in [0.15, 0.2) is 71.9 Å². The van der Waals surface area contributed by atoms with E-state index in [-0.39, 0.29) is 31.5 Å². The van der Waals surface area contributed by atoms with Crippen molar-refractivity contribution in [1.82, 2.24) is 4.90 Å². The van der Waals surface area contributed by atoms with E-state index in [1.807, 2.05) is 36.4 Å². The highest BCUT2D eigenvalue weighted by molar-refractivity contribution is 6.31. The number of ether oxygens (including phenoxy) is 2. The van der Waals surface area contributed by atoms with E-state index >= 15 is 0 Å². The maximum Gasteiger partial charge on any atom is 0.257 e. The van der Waals surface area contributed by atoms with E-state index < -0.39 is 11.7 Å². The average Bonchev–Trinajstić information content (AvgIpc) is 3.49. The van der Waals surface area contributed by atoms with Gasteiger partial charge in [0.15, 0.2) is 17.6 Å². The topological polar surface area (TPSA) is 60.4 Å². The molecule has 0 unspecified atom stereocenters. The smallest absolute Gasteiger partial charge is 0.257 e. The zero-order valence-corrected chi connectivity index (χ0v) is 18.3. The molecular weight excluding hydrogens is 447 g/mol. The third-order valence-electron chi connectivity index (χ3n) is 5.57. The maximum atomic E-state index is 14.4. The normalized spacial score (nSPS) is 16.3. The van der Waals surface area contributed by atoms with E-state index in [0.29, 0.717) is 22.9 Å². The van der Waals surface area contributed by atoms with Crippen LogP contribution in [0.2, 0.25) is 5.02 Å². The minimum atomic E-state index is -0.573. The molecule has 0 saturated heterocycles. The van der Waals surface area contributed by atoms with Crippen LogP contribution in [0.4, 0.5) is 4.39 Å². The van der Waals surface area contributed by atoms with Crippen molar-refractivity contribution in [2.75, 3.05) is 13.3 Å². The molecule has 0 radical (unpaired) electrons. The van der Waals surface area contributed by atoms with Gasteiger partial charge in [0.2, 0.25) is 6.79 Å². The minimum absolute atomic E-state index is 0.000497. The molecule has 33 heavy (non-hydrogen) atoms. The van der Waals surface area contributed by atoms with Crippen LogP contribution in [0, 0.1) is 5.82 Å². The van der Waals surface area contributed by atoms with Crippen molar-refractivity contribution < 1.29 is 23.5 Å². The molecule has 8 heteroatoms. The monoisotopic (exact) mass is 466 g/mol. The van der Waals surface area contributed by atoms with Crippen molar-refractivity contribution in [2.45, 2.75) is 19.1 Å². The van der Waals surface area contributed by atoms with E-state index in [2.05, 4.69) is 5.16 Å². The second-order valence-electron chi connectivity index (χ2n) is 7.79. The molecule has 3 aromatic rings. The van der Waals surface area contributed by atoms with Crippen molar-refractivity contribution in [2.24, 2.45) is 5.16 Å². The Kier molecular flexibility index (Phi) is 5.88. The first-order chi connectivity index (χ1) is 16.1. The summed E-state index contributed by atoms with van der Waals surface area (Å²) in [6.45, 7) is 0.627. The number of amides is 1. The van der Waals surface area contributed by atoms with Crippen molar-refractivity contribution >= 4 is 23.2 Å². The number of hydrogen-bond acceptors (Lipinski definition) is 5. The first-order valence-corrected chi connectivity index (χ1v) is 10.9. The average molecular weight is 467 g/mol. The molecule has 0 aromatic heterocycles. The quantitative estimate of drug-likeness (QED) is 0.510. The number of rotatable bonds is 6. The summed E-state index contributed by atoms with van der Waals surface area (Å²) >= 11 is 6.33. The van der Waals surface area contributed by atoms with Gasteiger partial charge in [-0.3, -0.25) is 4.79 Å². The molecule has 0 bridgehead atoms. The second-order valence-corrected chi connectivity index (χ2v) is 8.20. The van der Waals surface area contributed by atoms with E-state index in [1.165, 1.54) is 12.1 Å². The minimum Gasteiger partial charge on any atom is -0.454 e. The Morgan fingerprint density at radius 2 is 1.85 bits per heavy atom. The van der Waals surface area contributed by atoms with Crippen molar-refractivity contribution in [3.63, 3.8) is 0 Å². The number of carbonyl (C=O) groups excluding carboxylic acids is 1. The number of carbonyl (C=O) groups is 1. The Balaban J connectivity index is 1.34. The molecule has 0 fully saturated rings. The number of benzene rings is 3. The van der Waals surface area contributed by atoms with Crippen LogP contribution in [0.25, 0.3) is 0 Å². The summed E-state index contributed by atoms with van der Waals surface area (Å²) < 4.78 is 25.2. The maximum absolute atomic E-state index is 14.4. The number of oxime groups is 1. The molecule has 1 amide bonds. The van der Waals surface area contributed by atoms with Crippen LogP contribution in [0.5, 0.6) is 11.5 Å². The lowest BCUT2D eigenvalue weighted by atomic mass is 10.0. The fourth-order valence-corrected chi connectivity index (χ4v) is 4.07. The Labute approximate surface area is 195 Å². The molecule has 0 spiro atoms. The fourth-order valence-electron chi connectivity index (χ4n) is 3.88. The van der Waals surface area contributed by atoms with Gasteiger partial charge in [-0.25, -0.2) is 4.39 Å². The predicted molar refractivity (Wildman–Crippen MR) is 121 cm³/mol. The Morgan fingerprint density at radius 1 is 1.06 bits per heavy atom. The summed E-state index contributed by atoms with van der Waals surface area (Å²) in [5, 5.41) is 4.76. The van der Waals surface area contributed by atoms with E-state index in [4.69, 9.17) is 25.9 Å². The summed E-state index contributed by atoms with van der Waals surface area (Å²) in [7, 11) is 0. The molecular formula is C25H20ClFN2O4. The lowest BCUT2D eigenvalue weighted by Gasteiger charge is -2.25. The first kappa shape index (κ1) is 21.3. The Bertz CT molecular complexity index is 1230. The second kappa shape index (κ2) is 9.11. The summed E-state index contributed by atoms with van der Waals surface area (Å²) in [4.78, 5) is 20.5. The predicted octanol–water partition coefficient (Wildman–Crippen LogP) is 5.04. The Morgan fingerprint density at radius 3 is 2.70 bits per heavy atom. The highest BCUT2D eigenvalue weighted by Gasteiger charge is 2.29. The SMILES string of the molecule is O=C(c1ccccc1F)N(Cc1ccccc1Cl)C[C@@H]1CC(c2ccc3c(c2)OCO3)=NO1. The van der Waals surface area contributed by atoms with E-state index in [1.54, 1.807) is 23.1 Å². The Hall–Kier alpha value is -3.58. The van der Waals surface area contributed by atoms with Gasteiger partial charge in [0, 0.05) is 23.6 Å². The molecule has 2 aliphatic heterocycles. The van der Waals surface area contributed by atoms with Crippen molar-refractivity contribution in [3.05, 3.63) is 94.3 Å². The van der Waals surface area contributed by atoms with Crippen LogP contribution in [0.1, 0.15) is 27.9 Å². The van der Waals surface area contributed by atoms with Gasteiger partial charge in [0.25, 0.3) is 5.91 Å². The standard InChI is InChI=1S/C25H20ClFN2O4/c26-20-7-3-1-5-17(20)13-29(25(30)19-6-2-4-8-21(19)27)14-18-12-22(28-33-18)16-9-10-23-24(11-16)32-15-31-23/h1-11,18H,12-15H2/t18-/m0/s1. The fraction of sp³-hybridized carbons (Fsp3) is 0.200. The van der Waals surface area contributed by atoms with Gasteiger partial charge < -0.3 is 19.2 Å². The number of fused-ring (bicyclic) bond motifs is 1. The summed E-state index contributed by atoms with van der Waals surface area (Å²) in [5.41, 5.74) is 2.37. The summed E-state index contributed by atoms with van der Waals surface area (Å²) in [6.07, 6.45) is 0.104. The van der Waals surface area contributed by atoms with Gasteiger partial charge in [-0.1, -0.05) is 47.1 Å². The molecule has 2 heterocycles. The molecule has 1 atom stereocenters. The molecule has 2 aliphatic rings. The molecule has 168 valence electrons. The van der Waals surface area contributed by atoms with Crippen molar-refractivity contribution in [3.8, 4) is 11.5 Å². The van der Waals surface area contributed by atoms with Crippen LogP contribution in [-0.2, 0) is 11.4 Å². The number of hydrogen-bond donors (Lipinski definition) is 0. The van der Waals surface area contributed by atoms with Crippen LogP contribution in [-0.4, -0.2) is 36.0 Å². The molecule has 3 aromatic carbocycles. The van der Waals surface area contributed by atoms with Crippen LogP contribution < -0.4 is 9.47 Å². The van der Waals surface area contributed by atoms with Crippen molar-refractivity contribution in [1.29, 1.82) is 0 Å². The number of halogens is 2. The largest absolute Gasteiger partial charge is 0.454 e. The molecule has 0 aliphatic carbocycles. The van der Waals surface area contributed by atoms with Gasteiger partial charge in [0.05, 0.1) is 17.8 Å². The van der Waals surface area contributed by atoms with Gasteiger partial charge in [-0.15, -0.1) is 0 Å². The van der Waals surface area contributed by atoms with Gasteiger partial charge in [-0.2, -0.15) is 0 Å². The zero-order valence-electron chi connectivity index (χ0n) is 17.5. The summed E-state index contributed by atoms with van der Waals surface area (Å²) in [5.74, 6) is 0.342. The third-order valence-corrected chi connectivity index (χ3v) is 5.94. The first-order valence-electron chi connectivity index (χ1n) is 10.5. The molecule has 5 rings (SSSR count). The van der Waals surface area contributed by atoms with Crippen LogP contribution in [0.3, 0.4) is 0 Å². The van der Waals surface area contributed by atoms with E-state index in [9.17, 15) is 9.18 Å². The highest BCUT2D eigenvalue weighted by atomic mass is 35.5.